The topological polar surface area (TPSA) is 51.2 Å². The van der Waals surface area contributed by atoms with Crippen LogP contribution in [-0.4, -0.2) is 62.7 Å². The van der Waals surface area contributed by atoms with Crippen LogP contribution in [0.5, 0.6) is 17.2 Å². The maximum Gasteiger partial charge on any atom is 0.254 e. The third kappa shape index (κ3) is 5.41. The summed E-state index contributed by atoms with van der Waals surface area (Å²) in [5.41, 5.74) is 1.86. The van der Waals surface area contributed by atoms with E-state index in [0.717, 1.165) is 43.3 Å². The molecule has 1 aliphatic rings. The molecule has 0 N–H and O–H groups in total. The van der Waals surface area contributed by atoms with Crippen molar-refractivity contribution in [3.63, 3.8) is 0 Å². The molecule has 0 aliphatic carbocycles. The molecular formula is C23H30N2O4. The number of carbonyl (C=O) groups is 1. The van der Waals surface area contributed by atoms with E-state index in [0.29, 0.717) is 25.3 Å². The summed E-state index contributed by atoms with van der Waals surface area (Å²) in [6, 6.07) is 13.5. The molecule has 1 saturated heterocycles. The van der Waals surface area contributed by atoms with Crippen LogP contribution in [0.2, 0.25) is 0 Å². The second-order valence-corrected chi connectivity index (χ2v) is 7.13. The lowest BCUT2D eigenvalue weighted by Gasteiger charge is -2.35. The summed E-state index contributed by atoms with van der Waals surface area (Å²) in [6.45, 7) is 6.66. The SMILES string of the molecule is CCCOc1cccc(C(=O)N2CCN(Cc3ccc(OC)c(OC)c3)CC2)c1. The zero-order valence-corrected chi connectivity index (χ0v) is 17.5. The van der Waals surface area contributed by atoms with Gasteiger partial charge >= 0.3 is 0 Å². The molecule has 1 heterocycles. The first kappa shape index (κ1) is 21.0. The molecule has 6 nitrogen and oxygen atoms in total. The molecule has 1 aliphatic heterocycles. The minimum absolute atomic E-state index is 0.0673. The van der Waals surface area contributed by atoms with Crippen molar-refractivity contribution in [3.05, 3.63) is 53.6 Å². The molecule has 0 unspecified atom stereocenters. The summed E-state index contributed by atoms with van der Waals surface area (Å²) in [4.78, 5) is 17.1. The molecule has 1 amide bonds. The lowest BCUT2D eigenvalue weighted by molar-refractivity contribution is 0.0628. The highest BCUT2D eigenvalue weighted by Crippen LogP contribution is 2.28. The molecule has 0 aromatic heterocycles. The maximum atomic E-state index is 12.9. The van der Waals surface area contributed by atoms with Gasteiger partial charge in [0.25, 0.3) is 5.91 Å². The number of hydrogen-bond acceptors (Lipinski definition) is 5. The molecule has 0 radical (unpaired) electrons. The second kappa shape index (κ2) is 10.2. The van der Waals surface area contributed by atoms with Crippen molar-refractivity contribution in [1.82, 2.24) is 9.80 Å². The highest BCUT2D eigenvalue weighted by Gasteiger charge is 2.22. The van der Waals surface area contributed by atoms with Gasteiger partial charge < -0.3 is 19.1 Å². The lowest BCUT2D eigenvalue weighted by atomic mass is 10.1. The third-order valence-corrected chi connectivity index (χ3v) is 5.07. The van der Waals surface area contributed by atoms with Crippen LogP contribution in [0, 0.1) is 0 Å². The molecule has 156 valence electrons. The number of rotatable bonds is 8. The number of ether oxygens (including phenoxy) is 3. The summed E-state index contributed by atoms with van der Waals surface area (Å²) in [5.74, 6) is 2.29. The van der Waals surface area contributed by atoms with Gasteiger partial charge in [-0.15, -0.1) is 0 Å². The van der Waals surface area contributed by atoms with Crippen molar-refractivity contribution in [2.75, 3.05) is 47.0 Å². The Balaban J connectivity index is 1.56. The maximum absolute atomic E-state index is 12.9. The zero-order chi connectivity index (χ0) is 20.6. The molecule has 0 spiro atoms. The Kier molecular flexibility index (Phi) is 7.36. The molecule has 1 fully saturated rings. The Hall–Kier alpha value is -2.73. The van der Waals surface area contributed by atoms with Crippen molar-refractivity contribution < 1.29 is 19.0 Å². The van der Waals surface area contributed by atoms with Crippen LogP contribution in [0.4, 0.5) is 0 Å². The quantitative estimate of drug-likeness (QED) is 0.682. The third-order valence-electron chi connectivity index (χ3n) is 5.07. The van der Waals surface area contributed by atoms with E-state index in [4.69, 9.17) is 14.2 Å². The number of hydrogen-bond donors (Lipinski definition) is 0. The van der Waals surface area contributed by atoms with Crippen molar-refractivity contribution >= 4 is 5.91 Å². The van der Waals surface area contributed by atoms with Gasteiger partial charge in [-0.2, -0.15) is 0 Å². The van der Waals surface area contributed by atoms with Crippen molar-refractivity contribution in [3.8, 4) is 17.2 Å². The van der Waals surface area contributed by atoms with Gasteiger partial charge in [-0.3, -0.25) is 9.69 Å². The van der Waals surface area contributed by atoms with E-state index in [2.05, 4.69) is 17.9 Å². The zero-order valence-electron chi connectivity index (χ0n) is 17.5. The first-order valence-corrected chi connectivity index (χ1v) is 10.1. The van der Waals surface area contributed by atoms with E-state index < -0.39 is 0 Å². The van der Waals surface area contributed by atoms with Crippen LogP contribution in [0.25, 0.3) is 0 Å². The summed E-state index contributed by atoms with van der Waals surface area (Å²) in [7, 11) is 3.29. The average molecular weight is 399 g/mol. The Morgan fingerprint density at radius 1 is 0.966 bits per heavy atom. The van der Waals surface area contributed by atoms with Crippen molar-refractivity contribution in [2.45, 2.75) is 19.9 Å². The molecular weight excluding hydrogens is 368 g/mol. The number of nitrogens with zero attached hydrogens (tertiary/aromatic N) is 2. The summed E-state index contributed by atoms with van der Waals surface area (Å²) < 4.78 is 16.3. The summed E-state index contributed by atoms with van der Waals surface area (Å²) in [6.07, 6.45) is 0.945. The first-order valence-electron chi connectivity index (χ1n) is 10.1. The van der Waals surface area contributed by atoms with Crippen LogP contribution in [0.3, 0.4) is 0 Å². The minimum atomic E-state index is 0.0673. The van der Waals surface area contributed by atoms with E-state index in [1.54, 1.807) is 14.2 Å². The van der Waals surface area contributed by atoms with Crippen LogP contribution >= 0.6 is 0 Å². The Morgan fingerprint density at radius 3 is 2.41 bits per heavy atom. The highest BCUT2D eigenvalue weighted by atomic mass is 16.5. The van der Waals surface area contributed by atoms with Gasteiger partial charge in [-0.25, -0.2) is 0 Å². The normalized spacial score (nSPS) is 14.5. The number of methoxy groups -OCH3 is 2. The number of piperazine rings is 1. The molecule has 3 rings (SSSR count). The van der Waals surface area contributed by atoms with Gasteiger partial charge in [0.2, 0.25) is 0 Å². The fourth-order valence-electron chi connectivity index (χ4n) is 3.47. The van der Waals surface area contributed by atoms with E-state index in [1.807, 2.05) is 41.3 Å². The smallest absolute Gasteiger partial charge is 0.254 e. The van der Waals surface area contributed by atoms with Gasteiger partial charge in [-0.05, 0) is 42.3 Å². The Labute approximate surface area is 173 Å². The fourth-order valence-corrected chi connectivity index (χ4v) is 3.47. The molecule has 2 aromatic carbocycles. The number of carbonyl (C=O) groups excluding carboxylic acids is 1. The monoisotopic (exact) mass is 398 g/mol. The molecule has 0 bridgehead atoms. The van der Waals surface area contributed by atoms with Crippen molar-refractivity contribution in [1.29, 1.82) is 0 Å². The summed E-state index contributed by atoms with van der Waals surface area (Å²) in [5, 5.41) is 0. The van der Waals surface area contributed by atoms with Gasteiger partial charge in [0.15, 0.2) is 11.5 Å². The van der Waals surface area contributed by atoms with Gasteiger partial charge in [0, 0.05) is 38.3 Å². The van der Waals surface area contributed by atoms with E-state index >= 15 is 0 Å². The number of amides is 1. The minimum Gasteiger partial charge on any atom is -0.494 e. The molecule has 0 atom stereocenters. The average Bonchev–Trinajstić information content (AvgIpc) is 2.77. The van der Waals surface area contributed by atoms with Gasteiger partial charge in [0.1, 0.15) is 5.75 Å². The van der Waals surface area contributed by atoms with Crippen molar-refractivity contribution in [2.24, 2.45) is 0 Å². The van der Waals surface area contributed by atoms with E-state index in [1.165, 1.54) is 5.56 Å². The van der Waals surface area contributed by atoms with Crippen LogP contribution < -0.4 is 14.2 Å². The van der Waals surface area contributed by atoms with Gasteiger partial charge in [0.05, 0.1) is 20.8 Å². The predicted octanol–water partition coefficient (Wildman–Crippen LogP) is 3.45. The largest absolute Gasteiger partial charge is 0.494 e. The molecule has 29 heavy (non-hydrogen) atoms. The molecule has 6 heteroatoms. The second-order valence-electron chi connectivity index (χ2n) is 7.13. The van der Waals surface area contributed by atoms with Crippen LogP contribution in [0.15, 0.2) is 42.5 Å². The predicted molar refractivity (Wildman–Crippen MR) is 113 cm³/mol. The molecule has 0 saturated carbocycles. The number of benzene rings is 2. The van der Waals surface area contributed by atoms with Gasteiger partial charge in [-0.1, -0.05) is 19.1 Å². The molecule has 2 aromatic rings. The van der Waals surface area contributed by atoms with E-state index in [-0.39, 0.29) is 5.91 Å². The van der Waals surface area contributed by atoms with E-state index in [9.17, 15) is 4.79 Å². The highest BCUT2D eigenvalue weighted by molar-refractivity contribution is 5.94. The standard InChI is InChI=1S/C23H30N2O4/c1-4-14-29-20-7-5-6-19(16-20)23(26)25-12-10-24(11-13-25)17-18-8-9-21(27-2)22(15-18)28-3/h5-9,15-16H,4,10-14,17H2,1-3H3. The first-order chi connectivity index (χ1) is 14.1. The lowest BCUT2D eigenvalue weighted by Crippen LogP contribution is -2.48. The fraction of sp³-hybridized carbons (Fsp3) is 0.435. The van der Waals surface area contributed by atoms with Crippen LogP contribution in [0.1, 0.15) is 29.3 Å². The summed E-state index contributed by atoms with van der Waals surface area (Å²) >= 11 is 0. The Morgan fingerprint density at radius 2 is 1.72 bits per heavy atom. The Bertz CT molecular complexity index is 816. The van der Waals surface area contributed by atoms with Crippen LogP contribution in [-0.2, 0) is 6.54 Å².